The maximum Gasteiger partial charge on any atom is 0.271 e. The van der Waals surface area contributed by atoms with E-state index in [1.807, 2.05) is 38.4 Å². The van der Waals surface area contributed by atoms with Crippen LogP contribution in [0, 0.1) is 11.2 Å². The van der Waals surface area contributed by atoms with Gasteiger partial charge in [-0.2, -0.15) is 13.8 Å². The van der Waals surface area contributed by atoms with Crippen LogP contribution in [0.15, 0.2) is 29.9 Å². The van der Waals surface area contributed by atoms with E-state index in [1.165, 1.54) is 0 Å². The third kappa shape index (κ3) is 9.65. The number of halogens is 2. The SMILES string of the molecule is CCC(=O)CC.Fc1csc(F)n1.c1cc[nH]c1. The highest BCUT2D eigenvalue weighted by molar-refractivity contribution is 7.07. The Balaban J connectivity index is 0.000000244. The summed E-state index contributed by atoms with van der Waals surface area (Å²) in [5, 5.41) is 0.285. The van der Waals surface area contributed by atoms with Crippen LogP contribution < -0.4 is 0 Å². The van der Waals surface area contributed by atoms with Crippen LogP contribution in [0.1, 0.15) is 26.7 Å². The van der Waals surface area contributed by atoms with Crippen LogP contribution in [0.3, 0.4) is 0 Å². The molecule has 0 saturated carbocycles. The lowest BCUT2D eigenvalue weighted by atomic mass is 10.3. The number of hydrogen-bond donors (Lipinski definition) is 1. The molecule has 0 bridgehead atoms. The lowest BCUT2D eigenvalue weighted by molar-refractivity contribution is -0.118. The summed E-state index contributed by atoms with van der Waals surface area (Å²) >= 11 is 0.652. The van der Waals surface area contributed by atoms with Crippen LogP contribution in [-0.4, -0.2) is 15.8 Å². The van der Waals surface area contributed by atoms with Gasteiger partial charge in [-0.05, 0) is 12.1 Å². The molecule has 0 spiro atoms. The standard InChI is InChI=1S/C5H10O.C4H5N.C3HF2NS/c1-3-5(6)4-2;1-2-4-5-3-1;4-2-1-7-3(5)6-2/h3-4H2,1-2H3;1-5H;1H. The Morgan fingerprint density at radius 1 is 1.28 bits per heavy atom. The molecule has 6 heteroatoms. The predicted octanol–water partition coefficient (Wildman–Crippen LogP) is 3.81. The third-order valence-corrected chi connectivity index (χ3v) is 2.33. The number of ketones is 1. The lowest BCUT2D eigenvalue weighted by Crippen LogP contribution is -1.88. The molecular weight excluding hydrogens is 258 g/mol. The monoisotopic (exact) mass is 274 g/mol. The normalized spacial score (nSPS) is 8.67. The first-order valence-electron chi connectivity index (χ1n) is 5.46. The van der Waals surface area contributed by atoms with E-state index in [9.17, 15) is 13.6 Å². The molecule has 0 unspecified atom stereocenters. The number of carbonyl (C=O) groups excluding carboxylic acids is 1. The van der Waals surface area contributed by atoms with Crippen molar-refractivity contribution in [3.8, 4) is 0 Å². The van der Waals surface area contributed by atoms with Gasteiger partial charge in [0.1, 0.15) is 5.78 Å². The van der Waals surface area contributed by atoms with E-state index in [0.717, 1.165) is 5.38 Å². The van der Waals surface area contributed by atoms with Gasteiger partial charge in [0.15, 0.2) is 0 Å². The van der Waals surface area contributed by atoms with Gasteiger partial charge in [0, 0.05) is 25.2 Å². The van der Waals surface area contributed by atoms with Gasteiger partial charge in [-0.3, -0.25) is 4.79 Å². The number of rotatable bonds is 2. The number of aromatic amines is 1. The van der Waals surface area contributed by atoms with Gasteiger partial charge in [-0.15, -0.1) is 0 Å². The van der Waals surface area contributed by atoms with Crippen LogP contribution in [0.25, 0.3) is 0 Å². The highest BCUT2D eigenvalue weighted by Crippen LogP contribution is 2.03. The van der Waals surface area contributed by atoms with Crippen molar-refractivity contribution in [1.29, 1.82) is 0 Å². The summed E-state index contributed by atoms with van der Waals surface area (Å²) in [5.41, 5.74) is 0. The highest BCUT2D eigenvalue weighted by atomic mass is 32.1. The predicted molar refractivity (Wildman–Crippen MR) is 68.4 cm³/mol. The molecule has 1 N–H and O–H groups in total. The molecule has 0 aliphatic heterocycles. The summed E-state index contributed by atoms with van der Waals surface area (Å²) in [7, 11) is 0. The number of aromatic nitrogens is 2. The molecule has 2 rings (SSSR count). The fraction of sp³-hybridized carbons (Fsp3) is 0.333. The van der Waals surface area contributed by atoms with Crippen LogP contribution >= 0.6 is 11.3 Å². The molecule has 0 fully saturated rings. The zero-order valence-electron chi connectivity index (χ0n) is 10.3. The van der Waals surface area contributed by atoms with E-state index in [-0.39, 0.29) is 0 Å². The van der Waals surface area contributed by atoms with Crippen LogP contribution in [-0.2, 0) is 4.79 Å². The number of nitrogens with one attached hydrogen (secondary N) is 1. The average Bonchev–Trinajstić information content (AvgIpc) is 3.04. The lowest BCUT2D eigenvalue weighted by Gasteiger charge is -1.81. The summed E-state index contributed by atoms with van der Waals surface area (Å²) < 4.78 is 23.2. The molecule has 0 radical (unpaired) electrons. The fourth-order valence-corrected chi connectivity index (χ4v) is 1.15. The molecule has 0 aromatic carbocycles. The van der Waals surface area contributed by atoms with Crippen molar-refractivity contribution < 1.29 is 13.6 Å². The molecule has 0 atom stereocenters. The molecular formula is C12H16F2N2OS. The Labute approximate surface area is 109 Å². The first-order valence-corrected chi connectivity index (χ1v) is 6.34. The maximum atomic E-state index is 11.6. The third-order valence-electron chi connectivity index (χ3n) is 1.73. The molecule has 0 saturated heterocycles. The quantitative estimate of drug-likeness (QED) is 0.905. The number of hydrogen-bond acceptors (Lipinski definition) is 3. The van der Waals surface area contributed by atoms with Crippen LogP contribution in [0.2, 0.25) is 0 Å². The maximum absolute atomic E-state index is 11.6. The van der Waals surface area contributed by atoms with Crippen LogP contribution in [0.4, 0.5) is 8.78 Å². The van der Waals surface area contributed by atoms with E-state index in [1.54, 1.807) is 0 Å². The second-order valence-corrected chi connectivity index (χ2v) is 3.86. The summed E-state index contributed by atoms with van der Waals surface area (Å²) in [5.74, 6) is -0.405. The molecule has 2 aromatic heterocycles. The molecule has 3 nitrogen and oxygen atoms in total. The van der Waals surface area contributed by atoms with Crippen molar-refractivity contribution in [3.63, 3.8) is 0 Å². The first-order chi connectivity index (χ1) is 8.60. The van der Waals surface area contributed by atoms with Crippen molar-refractivity contribution in [2.75, 3.05) is 0 Å². The van der Waals surface area contributed by atoms with Gasteiger partial charge in [-0.25, -0.2) is 0 Å². The van der Waals surface area contributed by atoms with E-state index in [4.69, 9.17) is 0 Å². The zero-order chi connectivity index (χ0) is 13.8. The second-order valence-electron chi connectivity index (χ2n) is 3.05. The molecule has 100 valence electrons. The molecule has 0 aliphatic rings. The number of Topliss-reactive ketones (excluding diaryl/α,β-unsaturated/α-hetero) is 1. The second kappa shape index (κ2) is 10.6. The first kappa shape index (κ1) is 16.4. The van der Waals surface area contributed by atoms with E-state index < -0.39 is 11.2 Å². The van der Waals surface area contributed by atoms with Crippen molar-refractivity contribution in [3.05, 3.63) is 41.1 Å². The molecule has 18 heavy (non-hydrogen) atoms. The Kier molecular flexibility index (Phi) is 9.67. The summed E-state index contributed by atoms with van der Waals surface area (Å²) in [6.07, 6.45) is 5.13. The topological polar surface area (TPSA) is 45.8 Å². The largest absolute Gasteiger partial charge is 0.368 e. The number of carbonyl (C=O) groups is 1. The molecule has 2 heterocycles. The van der Waals surface area contributed by atoms with Crippen LogP contribution in [0.5, 0.6) is 0 Å². The summed E-state index contributed by atoms with van der Waals surface area (Å²) in [4.78, 5) is 15.8. The fourth-order valence-electron chi connectivity index (χ4n) is 0.762. The van der Waals surface area contributed by atoms with Gasteiger partial charge in [-0.1, -0.05) is 25.2 Å². The number of thiazole rings is 1. The van der Waals surface area contributed by atoms with Gasteiger partial charge < -0.3 is 4.98 Å². The Bertz CT molecular complexity index is 376. The van der Waals surface area contributed by atoms with Crippen molar-refractivity contribution >= 4 is 17.1 Å². The van der Waals surface area contributed by atoms with Gasteiger partial charge in [0.2, 0.25) is 5.95 Å². The van der Waals surface area contributed by atoms with Crippen molar-refractivity contribution in [2.24, 2.45) is 0 Å². The van der Waals surface area contributed by atoms with Gasteiger partial charge in [0.25, 0.3) is 5.26 Å². The van der Waals surface area contributed by atoms with E-state index in [2.05, 4.69) is 9.97 Å². The molecule has 0 aliphatic carbocycles. The highest BCUT2D eigenvalue weighted by Gasteiger charge is 1.94. The summed E-state index contributed by atoms with van der Waals surface area (Å²) in [6.45, 7) is 3.76. The number of nitrogens with zero attached hydrogens (tertiary/aromatic N) is 1. The van der Waals surface area contributed by atoms with Crippen molar-refractivity contribution in [1.82, 2.24) is 9.97 Å². The average molecular weight is 274 g/mol. The van der Waals surface area contributed by atoms with E-state index in [0.29, 0.717) is 30.0 Å². The smallest absolute Gasteiger partial charge is 0.271 e. The number of H-pyrrole nitrogens is 1. The minimum absolute atomic E-state index is 0.343. The minimum Gasteiger partial charge on any atom is -0.368 e. The minimum atomic E-state index is -0.748. The van der Waals surface area contributed by atoms with Gasteiger partial charge in [0.05, 0.1) is 5.38 Å². The zero-order valence-corrected chi connectivity index (χ0v) is 11.1. The van der Waals surface area contributed by atoms with E-state index >= 15 is 0 Å². The molecule has 2 aromatic rings. The Morgan fingerprint density at radius 3 is 1.94 bits per heavy atom. The molecule has 0 amide bonds. The van der Waals surface area contributed by atoms with Gasteiger partial charge >= 0.3 is 0 Å². The Hall–Kier alpha value is -1.56. The summed E-state index contributed by atoms with van der Waals surface area (Å²) in [6, 6.07) is 3.89. The van der Waals surface area contributed by atoms with Crippen molar-refractivity contribution in [2.45, 2.75) is 26.7 Å². The Morgan fingerprint density at radius 2 is 1.83 bits per heavy atom.